The molecule has 0 fully saturated rings. The molecule has 2 unspecified atom stereocenters. The average Bonchev–Trinajstić information content (AvgIpc) is 3.10. The van der Waals surface area contributed by atoms with E-state index in [1.165, 1.54) is 11.3 Å². The van der Waals surface area contributed by atoms with Gasteiger partial charge < -0.3 is 20.3 Å². The fourth-order valence-electron chi connectivity index (χ4n) is 2.59. The van der Waals surface area contributed by atoms with Crippen LogP contribution in [0.15, 0.2) is 60.7 Å². The molecule has 0 spiro atoms. The molecule has 0 bridgehead atoms. The third kappa shape index (κ3) is 4.82. The van der Waals surface area contributed by atoms with E-state index in [1.807, 2.05) is 60.7 Å². The van der Waals surface area contributed by atoms with Crippen molar-refractivity contribution in [2.45, 2.75) is 25.2 Å². The minimum Gasteiger partial charge on any atom is -0.445 e. The number of nitrogens with one attached hydrogen (secondary N) is 1. The van der Waals surface area contributed by atoms with Crippen LogP contribution in [0.1, 0.15) is 23.0 Å². The lowest BCUT2D eigenvalue weighted by atomic mass is 10.1. The number of carbonyl (C=O) groups is 1. The average molecular weight is 371 g/mol. The summed E-state index contributed by atoms with van der Waals surface area (Å²) in [6.45, 7) is 0.413. The van der Waals surface area contributed by atoms with Crippen molar-refractivity contribution in [1.29, 1.82) is 0 Å². The minimum absolute atomic E-state index is 0.194. The fourth-order valence-corrected chi connectivity index (χ4v) is 3.70. The van der Waals surface area contributed by atoms with Crippen LogP contribution in [0.2, 0.25) is 0 Å². The molecule has 5 nitrogen and oxygen atoms in total. The fraction of sp³-hybridized carbons (Fsp3) is 0.250. The number of fused-ring (bicyclic) bond motifs is 1. The first-order valence-corrected chi connectivity index (χ1v) is 9.24. The maximum atomic E-state index is 11.7. The summed E-state index contributed by atoms with van der Waals surface area (Å²) in [5.74, 6) is 0. The molecule has 0 radical (unpaired) electrons. The van der Waals surface area contributed by atoms with Crippen LogP contribution in [0.4, 0.5) is 4.79 Å². The Kier molecular flexibility index (Phi) is 6.22. The normalized spacial score (nSPS) is 13.3. The summed E-state index contributed by atoms with van der Waals surface area (Å²) in [6, 6.07) is 19.1. The second-order valence-corrected chi connectivity index (χ2v) is 7.09. The van der Waals surface area contributed by atoms with Crippen molar-refractivity contribution in [3.8, 4) is 0 Å². The molecular weight excluding hydrogens is 350 g/mol. The van der Waals surface area contributed by atoms with E-state index in [-0.39, 0.29) is 19.6 Å². The molecule has 0 saturated carbocycles. The monoisotopic (exact) mass is 371 g/mol. The van der Waals surface area contributed by atoms with E-state index in [0.29, 0.717) is 4.88 Å². The lowest BCUT2D eigenvalue weighted by Gasteiger charge is -2.16. The van der Waals surface area contributed by atoms with Crippen LogP contribution >= 0.6 is 11.3 Å². The van der Waals surface area contributed by atoms with E-state index in [2.05, 4.69) is 5.32 Å². The maximum absolute atomic E-state index is 11.7. The zero-order chi connectivity index (χ0) is 18.4. The molecule has 2 aromatic carbocycles. The summed E-state index contributed by atoms with van der Waals surface area (Å²) in [4.78, 5) is 12.4. The van der Waals surface area contributed by atoms with Gasteiger partial charge in [-0.2, -0.15) is 0 Å². The number of aliphatic hydroxyl groups excluding tert-OH is 2. The Hall–Kier alpha value is -2.41. The van der Waals surface area contributed by atoms with Crippen molar-refractivity contribution in [2.75, 3.05) is 6.54 Å². The van der Waals surface area contributed by atoms with Gasteiger partial charge in [-0.25, -0.2) is 4.79 Å². The predicted octanol–water partition coefficient (Wildman–Crippen LogP) is 3.61. The molecule has 26 heavy (non-hydrogen) atoms. The van der Waals surface area contributed by atoms with Gasteiger partial charge in [0.25, 0.3) is 0 Å². The highest BCUT2D eigenvalue weighted by Gasteiger charge is 2.20. The zero-order valence-electron chi connectivity index (χ0n) is 14.2. The molecule has 1 aromatic heterocycles. The first kappa shape index (κ1) is 18.4. The smallest absolute Gasteiger partial charge is 0.407 e. The topological polar surface area (TPSA) is 78.8 Å². The largest absolute Gasteiger partial charge is 0.445 e. The standard InChI is InChI=1S/C20H21NO4S/c22-16(19(23)18-12-15-8-4-5-9-17(15)26-18)10-11-21-20(24)25-13-14-6-2-1-3-7-14/h1-9,12,16,19,22-23H,10-11,13H2,(H,21,24). The van der Waals surface area contributed by atoms with Gasteiger partial charge in [-0.3, -0.25) is 0 Å². The molecule has 1 heterocycles. The van der Waals surface area contributed by atoms with Crippen LogP contribution in [-0.4, -0.2) is 29.0 Å². The number of carbonyl (C=O) groups excluding carboxylic acids is 1. The quantitative estimate of drug-likeness (QED) is 0.593. The number of thiophene rings is 1. The Morgan fingerprint density at radius 3 is 2.58 bits per heavy atom. The van der Waals surface area contributed by atoms with Gasteiger partial charge in [-0.15, -0.1) is 11.3 Å². The molecule has 0 aliphatic heterocycles. The SMILES string of the molecule is O=C(NCCC(O)C(O)c1cc2ccccc2s1)OCc1ccccc1. The van der Waals surface area contributed by atoms with Gasteiger partial charge in [0.1, 0.15) is 12.7 Å². The molecule has 3 aromatic rings. The van der Waals surface area contributed by atoms with Gasteiger partial charge in [-0.05, 0) is 29.5 Å². The van der Waals surface area contributed by atoms with Gasteiger partial charge >= 0.3 is 6.09 Å². The van der Waals surface area contributed by atoms with Crippen LogP contribution in [-0.2, 0) is 11.3 Å². The molecule has 0 saturated heterocycles. The lowest BCUT2D eigenvalue weighted by molar-refractivity contribution is 0.0158. The highest BCUT2D eigenvalue weighted by Crippen LogP contribution is 2.31. The van der Waals surface area contributed by atoms with Crippen LogP contribution in [0.5, 0.6) is 0 Å². The summed E-state index contributed by atoms with van der Waals surface area (Å²) in [6.07, 6.45) is -2.25. The third-order valence-corrected chi connectivity index (χ3v) is 5.21. The molecule has 3 rings (SSSR count). The Morgan fingerprint density at radius 2 is 1.81 bits per heavy atom. The van der Waals surface area contributed by atoms with E-state index < -0.39 is 18.3 Å². The third-order valence-electron chi connectivity index (χ3n) is 4.02. The van der Waals surface area contributed by atoms with E-state index in [1.54, 1.807) is 0 Å². The van der Waals surface area contributed by atoms with Crippen molar-refractivity contribution in [2.24, 2.45) is 0 Å². The Bertz CT molecular complexity index is 816. The number of benzene rings is 2. The molecule has 136 valence electrons. The maximum Gasteiger partial charge on any atom is 0.407 e. The van der Waals surface area contributed by atoms with Crippen molar-refractivity contribution in [3.05, 3.63) is 71.1 Å². The Labute approximate surface area is 155 Å². The number of hydrogen-bond acceptors (Lipinski definition) is 5. The molecule has 1 amide bonds. The summed E-state index contributed by atoms with van der Waals surface area (Å²) in [5.41, 5.74) is 0.905. The second kappa shape index (κ2) is 8.80. The van der Waals surface area contributed by atoms with Crippen LogP contribution in [0.25, 0.3) is 10.1 Å². The van der Waals surface area contributed by atoms with E-state index in [9.17, 15) is 15.0 Å². The Balaban J connectivity index is 1.43. The molecule has 0 aliphatic rings. The van der Waals surface area contributed by atoms with E-state index in [0.717, 1.165) is 15.6 Å². The summed E-state index contributed by atoms with van der Waals surface area (Å²) < 4.78 is 6.17. The van der Waals surface area contributed by atoms with Gasteiger partial charge in [0.15, 0.2) is 0 Å². The van der Waals surface area contributed by atoms with Crippen LogP contribution in [0, 0.1) is 0 Å². The number of ether oxygens (including phenoxy) is 1. The molecular formula is C20H21NO4S. The lowest BCUT2D eigenvalue weighted by Crippen LogP contribution is -2.29. The molecule has 2 atom stereocenters. The van der Waals surface area contributed by atoms with Crippen molar-refractivity contribution < 1.29 is 19.7 Å². The Morgan fingerprint density at radius 1 is 1.08 bits per heavy atom. The number of amides is 1. The van der Waals surface area contributed by atoms with Crippen molar-refractivity contribution >= 4 is 27.5 Å². The van der Waals surface area contributed by atoms with Crippen LogP contribution < -0.4 is 5.32 Å². The number of hydrogen-bond donors (Lipinski definition) is 3. The highest BCUT2D eigenvalue weighted by atomic mass is 32.1. The first-order chi connectivity index (χ1) is 12.6. The van der Waals surface area contributed by atoms with Crippen molar-refractivity contribution in [1.82, 2.24) is 5.32 Å². The van der Waals surface area contributed by atoms with Gasteiger partial charge in [0.2, 0.25) is 0 Å². The molecule has 0 aliphatic carbocycles. The number of alkyl carbamates (subject to hydrolysis) is 1. The van der Waals surface area contributed by atoms with Crippen molar-refractivity contribution in [3.63, 3.8) is 0 Å². The molecule has 3 N–H and O–H groups in total. The second-order valence-electron chi connectivity index (χ2n) is 5.98. The van der Waals surface area contributed by atoms with E-state index in [4.69, 9.17) is 4.74 Å². The summed E-state index contributed by atoms with van der Waals surface area (Å²) in [7, 11) is 0. The van der Waals surface area contributed by atoms with Gasteiger partial charge in [-0.1, -0.05) is 48.5 Å². The minimum atomic E-state index is -0.977. The highest BCUT2D eigenvalue weighted by molar-refractivity contribution is 7.19. The van der Waals surface area contributed by atoms with Crippen LogP contribution in [0.3, 0.4) is 0 Å². The summed E-state index contributed by atoms with van der Waals surface area (Å²) >= 11 is 1.46. The van der Waals surface area contributed by atoms with Gasteiger partial charge in [0, 0.05) is 16.1 Å². The predicted molar refractivity (Wildman–Crippen MR) is 102 cm³/mol. The van der Waals surface area contributed by atoms with Gasteiger partial charge in [0.05, 0.1) is 6.10 Å². The summed E-state index contributed by atoms with van der Waals surface area (Å²) in [5, 5.41) is 24.1. The number of aliphatic hydroxyl groups is 2. The molecule has 6 heteroatoms. The zero-order valence-corrected chi connectivity index (χ0v) is 15.0. The first-order valence-electron chi connectivity index (χ1n) is 8.42. The van der Waals surface area contributed by atoms with E-state index >= 15 is 0 Å². The number of rotatable bonds is 7.